The highest BCUT2D eigenvalue weighted by atomic mass is 16.5. The SMILES string of the molecule is COCCC(=O)N(Cc1ccc(C#N)cc1)c1ccc(C(=O)NCc2ccc3nccn3c2)cc1. The van der Waals surface area contributed by atoms with Gasteiger partial charge in [0.2, 0.25) is 5.91 Å². The van der Waals surface area contributed by atoms with Crippen molar-refractivity contribution < 1.29 is 14.3 Å². The maximum atomic E-state index is 12.9. The van der Waals surface area contributed by atoms with Crippen LogP contribution in [0.2, 0.25) is 0 Å². The van der Waals surface area contributed by atoms with Gasteiger partial charge in [-0.15, -0.1) is 0 Å². The van der Waals surface area contributed by atoms with Crippen LogP contribution in [0.1, 0.15) is 33.5 Å². The van der Waals surface area contributed by atoms with Crippen LogP contribution >= 0.6 is 0 Å². The number of methoxy groups -OCH3 is 1. The van der Waals surface area contributed by atoms with E-state index in [1.54, 1.807) is 54.6 Å². The lowest BCUT2D eigenvalue weighted by atomic mass is 10.1. The minimum atomic E-state index is -0.202. The van der Waals surface area contributed by atoms with Crippen LogP contribution in [-0.4, -0.2) is 34.9 Å². The molecule has 35 heavy (non-hydrogen) atoms. The fraction of sp³-hybridized carbons (Fsp3) is 0.185. The van der Waals surface area contributed by atoms with E-state index in [0.717, 1.165) is 16.8 Å². The van der Waals surface area contributed by atoms with E-state index in [4.69, 9.17) is 10.00 Å². The van der Waals surface area contributed by atoms with Gasteiger partial charge in [0.1, 0.15) is 5.65 Å². The Morgan fingerprint density at radius 3 is 2.51 bits per heavy atom. The van der Waals surface area contributed by atoms with Gasteiger partial charge in [-0.1, -0.05) is 18.2 Å². The van der Waals surface area contributed by atoms with Crippen molar-refractivity contribution in [3.8, 4) is 6.07 Å². The minimum Gasteiger partial charge on any atom is -0.384 e. The number of rotatable bonds is 9. The van der Waals surface area contributed by atoms with Crippen molar-refractivity contribution in [1.82, 2.24) is 14.7 Å². The highest BCUT2D eigenvalue weighted by Gasteiger charge is 2.17. The number of carbonyl (C=O) groups is 2. The molecule has 0 unspecified atom stereocenters. The molecule has 4 rings (SSSR count). The molecule has 0 saturated heterocycles. The van der Waals surface area contributed by atoms with Gasteiger partial charge in [0.15, 0.2) is 0 Å². The molecular formula is C27H25N5O3. The summed E-state index contributed by atoms with van der Waals surface area (Å²) in [5.41, 5.74) is 4.44. The van der Waals surface area contributed by atoms with Crippen molar-refractivity contribution in [1.29, 1.82) is 5.26 Å². The summed E-state index contributed by atoms with van der Waals surface area (Å²) in [4.78, 5) is 31.4. The summed E-state index contributed by atoms with van der Waals surface area (Å²) in [6.07, 6.45) is 5.75. The van der Waals surface area contributed by atoms with E-state index in [1.165, 1.54) is 0 Å². The van der Waals surface area contributed by atoms with Gasteiger partial charge >= 0.3 is 0 Å². The minimum absolute atomic E-state index is 0.0942. The van der Waals surface area contributed by atoms with Gasteiger partial charge in [0, 0.05) is 43.5 Å². The number of hydrogen-bond donors (Lipinski definition) is 1. The summed E-state index contributed by atoms with van der Waals surface area (Å²) in [6, 6.07) is 20.0. The van der Waals surface area contributed by atoms with Crippen molar-refractivity contribution in [3.05, 3.63) is 102 Å². The number of pyridine rings is 1. The average molecular weight is 468 g/mol. The normalized spacial score (nSPS) is 10.6. The zero-order valence-corrected chi connectivity index (χ0v) is 19.3. The van der Waals surface area contributed by atoms with E-state index in [9.17, 15) is 9.59 Å². The van der Waals surface area contributed by atoms with Gasteiger partial charge in [-0.3, -0.25) is 9.59 Å². The van der Waals surface area contributed by atoms with Crippen LogP contribution in [0.4, 0.5) is 5.69 Å². The van der Waals surface area contributed by atoms with E-state index in [2.05, 4.69) is 16.4 Å². The number of hydrogen-bond acceptors (Lipinski definition) is 5. The molecule has 0 aliphatic rings. The Bertz CT molecular complexity index is 1350. The van der Waals surface area contributed by atoms with Crippen LogP contribution in [0.15, 0.2) is 79.3 Å². The molecule has 0 radical (unpaired) electrons. The number of amides is 2. The second-order valence-corrected chi connectivity index (χ2v) is 7.99. The summed E-state index contributed by atoms with van der Waals surface area (Å²) in [5, 5.41) is 11.9. The molecule has 176 valence electrons. The first kappa shape index (κ1) is 23.7. The second-order valence-electron chi connectivity index (χ2n) is 7.99. The molecule has 0 aliphatic heterocycles. The maximum Gasteiger partial charge on any atom is 0.251 e. The molecule has 4 aromatic rings. The number of nitriles is 1. The number of ether oxygens (including phenoxy) is 1. The topological polar surface area (TPSA) is 99.7 Å². The summed E-state index contributed by atoms with van der Waals surface area (Å²) in [5.74, 6) is -0.296. The molecule has 0 saturated carbocycles. The lowest BCUT2D eigenvalue weighted by Gasteiger charge is -2.23. The van der Waals surface area contributed by atoms with E-state index in [1.807, 2.05) is 41.1 Å². The third-order valence-electron chi connectivity index (χ3n) is 5.59. The van der Waals surface area contributed by atoms with E-state index >= 15 is 0 Å². The van der Waals surface area contributed by atoms with Gasteiger partial charge in [0.05, 0.1) is 31.2 Å². The first-order chi connectivity index (χ1) is 17.1. The zero-order valence-electron chi connectivity index (χ0n) is 19.3. The standard InChI is InChI=1S/C27H25N5O3/c1-35-15-12-26(33)32(19-21-4-2-20(16-28)3-5-21)24-9-7-23(8-10-24)27(34)30-17-22-6-11-25-29-13-14-31(25)18-22/h2-11,13-14,18H,12,15,17,19H2,1H3,(H,30,34). The molecule has 2 heterocycles. The third-order valence-corrected chi connectivity index (χ3v) is 5.59. The third kappa shape index (κ3) is 5.91. The Hall–Kier alpha value is -4.48. The van der Waals surface area contributed by atoms with E-state index in [0.29, 0.717) is 36.5 Å². The van der Waals surface area contributed by atoms with Crippen molar-refractivity contribution in [2.24, 2.45) is 0 Å². The highest BCUT2D eigenvalue weighted by Crippen LogP contribution is 2.20. The number of aromatic nitrogens is 2. The first-order valence-corrected chi connectivity index (χ1v) is 11.2. The summed E-state index contributed by atoms with van der Waals surface area (Å²) < 4.78 is 6.97. The van der Waals surface area contributed by atoms with Gasteiger partial charge in [0.25, 0.3) is 5.91 Å². The Balaban J connectivity index is 1.45. The Labute approximate surface area is 203 Å². The predicted octanol–water partition coefficient (Wildman–Crippen LogP) is 3.71. The van der Waals surface area contributed by atoms with Crippen LogP contribution in [0.25, 0.3) is 5.65 Å². The predicted molar refractivity (Wildman–Crippen MR) is 132 cm³/mol. The molecule has 0 atom stereocenters. The number of fused-ring (bicyclic) bond motifs is 1. The monoisotopic (exact) mass is 467 g/mol. The number of anilines is 1. The molecule has 2 aromatic heterocycles. The Kier molecular flexibility index (Phi) is 7.50. The molecule has 0 bridgehead atoms. The fourth-order valence-corrected chi connectivity index (χ4v) is 3.66. The summed E-state index contributed by atoms with van der Waals surface area (Å²) >= 11 is 0. The van der Waals surface area contributed by atoms with Gasteiger partial charge in [-0.05, 0) is 53.6 Å². The largest absolute Gasteiger partial charge is 0.384 e. The maximum absolute atomic E-state index is 12.9. The second kappa shape index (κ2) is 11.1. The number of benzene rings is 2. The van der Waals surface area contributed by atoms with E-state index in [-0.39, 0.29) is 18.2 Å². The van der Waals surface area contributed by atoms with Crippen molar-refractivity contribution in [2.75, 3.05) is 18.6 Å². The zero-order chi connectivity index (χ0) is 24.6. The summed E-state index contributed by atoms with van der Waals surface area (Å²) in [6.45, 7) is 1.04. The van der Waals surface area contributed by atoms with Crippen LogP contribution in [0.5, 0.6) is 0 Å². The summed E-state index contributed by atoms with van der Waals surface area (Å²) in [7, 11) is 1.55. The van der Waals surface area contributed by atoms with Gasteiger partial charge in [-0.2, -0.15) is 5.26 Å². The van der Waals surface area contributed by atoms with Gasteiger partial charge in [-0.25, -0.2) is 4.98 Å². The van der Waals surface area contributed by atoms with Crippen molar-refractivity contribution in [2.45, 2.75) is 19.5 Å². The van der Waals surface area contributed by atoms with Crippen LogP contribution < -0.4 is 10.2 Å². The lowest BCUT2D eigenvalue weighted by molar-refractivity contribution is -0.119. The van der Waals surface area contributed by atoms with Crippen molar-refractivity contribution >= 4 is 23.1 Å². The molecule has 0 fully saturated rings. The van der Waals surface area contributed by atoms with Crippen molar-refractivity contribution in [3.63, 3.8) is 0 Å². The first-order valence-electron chi connectivity index (χ1n) is 11.2. The quantitative estimate of drug-likeness (QED) is 0.405. The highest BCUT2D eigenvalue weighted by molar-refractivity contribution is 5.96. The molecule has 1 N–H and O–H groups in total. The van der Waals surface area contributed by atoms with Crippen LogP contribution in [0.3, 0.4) is 0 Å². The smallest absolute Gasteiger partial charge is 0.251 e. The van der Waals surface area contributed by atoms with E-state index < -0.39 is 0 Å². The molecule has 0 spiro atoms. The molecule has 8 nitrogen and oxygen atoms in total. The molecular weight excluding hydrogens is 442 g/mol. The molecule has 0 aliphatic carbocycles. The fourth-order valence-electron chi connectivity index (χ4n) is 3.66. The molecule has 2 aromatic carbocycles. The van der Waals surface area contributed by atoms with Gasteiger partial charge < -0.3 is 19.4 Å². The molecule has 8 heteroatoms. The Morgan fingerprint density at radius 2 is 1.80 bits per heavy atom. The number of carbonyl (C=O) groups excluding carboxylic acids is 2. The average Bonchev–Trinajstić information content (AvgIpc) is 3.37. The van der Waals surface area contributed by atoms with Crippen LogP contribution in [-0.2, 0) is 22.6 Å². The number of nitrogens with zero attached hydrogens (tertiary/aromatic N) is 4. The molecule has 2 amide bonds. The lowest BCUT2D eigenvalue weighted by Crippen LogP contribution is -2.31. The van der Waals surface area contributed by atoms with Crippen LogP contribution in [0, 0.1) is 11.3 Å². The number of nitrogens with one attached hydrogen (secondary N) is 1. The Morgan fingerprint density at radius 1 is 1.06 bits per heavy atom. The number of imidazole rings is 1.